The number of nitrogens with one attached hydrogen (secondary N) is 1. The molecule has 0 aromatic carbocycles. The van der Waals surface area contributed by atoms with Crippen LogP contribution in [0.4, 0.5) is 0 Å². The number of aromatic nitrogens is 2. The van der Waals surface area contributed by atoms with Gasteiger partial charge in [-0.15, -0.1) is 0 Å². The highest BCUT2D eigenvalue weighted by atomic mass is 16.1. The van der Waals surface area contributed by atoms with Gasteiger partial charge in [0.2, 0.25) is 0 Å². The minimum atomic E-state index is 0.312. The third-order valence-corrected chi connectivity index (χ3v) is 4.30. The van der Waals surface area contributed by atoms with Crippen LogP contribution < -0.4 is 5.32 Å². The molecule has 1 saturated carbocycles. The molecule has 1 aromatic rings. The number of hydrogen-bond donors (Lipinski definition) is 1. The third-order valence-electron chi connectivity index (χ3n) is 4.30. The fourth-order valence-electron chi connectivity index (χ4n) is 3.14. The summed E-state index contributed by atoms with van der Waals surface area (Å²) >= 11 is 0. The number of Topliss-reactive ketones (excluding diaryl/α,β-unsaturated/α-hetero) is 1. The lowest BCUT2D eigenvalue weighted by molar-refractivity contribution is -0.120. The molecule has 2 aliphatic rings. The summed E-state index contributed by atoms with van der Waals surface area (Å²) < 4.78 is 1.76. The Morgan fingerprint density at radius 1 is 1.59 bits per heavy atom. The molecule has 4 nitrogen and oxygen atoms in total. The average Bonchev–Trinajstić information content (AvgIpc) is 2.85. The maximum atomic E-state index is 12.2. The zero-order chi connectivity index (χ0) is 11.9. The molecule has 1 aliphatic heterocycles. The van der Waals surface area contributed by atoms with Crippen LogP contribution in [0, 0.1) is 11.3 Å². The molecule has 2 heterocycles. The first-order valence-electron chi connectivity index (χ1n) is 6.42. The van der Waals surface area contributed by atoms with E-state index in [1.165, 1.54) is 12.8 Å². The van der Waals surface area contributed by atoms with E-state index in [2.05, 4.69) is 10.4 Å². The van der Waals surface area contributed by atoms with Crippen LogP contribution in [-0.4, -0.2) is 28.7 Å². The van der Waals surface area contributed by atoms with Gasteiger partial charge in [-0.05, 0) is 43.8 Å². The zero-order valence-corrected chi connectivity index (χ0v) is 10.3. The lowest BCUT2D eigenvalue weighted by atomic mass is 9.90. The standard InChI is InChI=1S/C13H19N3O/c1-16-7-2-10(15-16)8-12(17)11-9-13(11)3-5-14-6-4-13/h2,7,11,14H,3-6,8-9H2,1H3. The maximum absolute atomic E-state index is 12.2. The number of hydrogen-bond acceptors (Lipinski definition) is 3. The monoisotopic (exact) mass is 233 g/mol. The van der Waals surface area contributed by atoms with Crippen molar-refractivity contribution in [2.75, 3.05) is 13.1 Å². The molecular weight excluding hydrogens is 214 g/mol. The second-order valence-electron chi connectivity index (χ2n) is 5.49. The van der Waals surface area contributed by atoms with Crippen LogP contribution in [0.5, 0.6) is 0 Å². The second kappa shape index (κ2) is 3.95. The molecule has 3 rings (SSSR count). The molecule has 92 valence electrons. The predicted octanol–water partition coefficient (Wildman–Crippen LogP) is 0.921. The van der Waals surface area contributed by atoms with Crippen LogP contribution in [0.15, 0.2) is 12.3 Å². The highest BCUT2D eigenvalue weighted by Crippen LogP contribution is 2.59. The smallest absolute Gasteiger partial charge is 0.142 e. The van der Waals surface area contributed by atoms with E-state index in [4.69, 9.17) is 0 Å². The number of rotatable bonds is 3. The summed E-state index contributed by atoms with van der Waals surface area (Å²) in [7, 11) is 1.89. The quantitative estimate of drug-likeness (QED) is 0.844. The van der Waals surface area contributed by atoms with Gasteiger partial charge in [0.15, 0.2) is 0 Å². The Morgan fingerprint density at radius 2 is 2.35 bits per heavy atom. The largest absolute Gasteiger partial charge is 0.317 e. The van der Waals surface area contributed by atoms with Crippen molar-refractivity contribution in [3.8, 4) is 0 Å². The SMILES string of the molecule is Cn1ccc(CC(=O)C2CC23CCNCC3)n1. The Bertz CT molecular complexity index is 432. The minimum absolute atomic E-state index is 0.312. The molecule has 17 heavy (non-hydrogen) atoms. The number of carbonyl (C=O) groups excluding carboxylic acids is 1. The molecule has 0 bridgehead atoms. The van der Waals surface area contributed by atoms with Crippen molar-refractivity contribution in [3.05, 3.63) is 18.0 Å². The summed E-state index contributed by atoms with van der Waals surface area (Å²) in [5, 5.41) is 7.64. The lowest BCUT2D eigenvalue weighted by Crippen LogP contribution is -2.31. The number of carbonyl (C=O) groups is 1. The molecule has 2 fully saturated rings. The maximum Gasteiger partial charge on any atom is 0.142 e. The summed E-state index contributed by atoms with van der Waals surface area (Å²) in [5.41, 5.74) is 1.27. The van der Waals surface area contributed by atoms with Crippen molar-refractivity contribution >= 4 is 5.78 Å². The van der Waals surface area contributed by atoms with Crippen molar-refractivity contribution < 1.29 is 4.79 Å². The van der Waals surface area contributed by atoms with Crippen LogP contribution in [0.25, 0.3) is 0 Å². The fourth-order valence-corrected chi connectivity index (χ4v) is 3.14. The zero-order valence-electron chi connectivity index (χ0n) is 10.3. The summed E-state index contributed by atoms with van der Waals surface area (Å²) in [5.74, 6) is 0.706. The van der Waals surface area contributed by atoms with Gasteiger partial charge in [-0.1, -0.05) is 0 Å². The Hall–Kier alpha value is -1.16. The Morgan fingerprint density at radius 3 is 3.00 bits per heavy atom. The van der Waals surface area contributed by atoms with Crippen molar-refractivity contribution in [1.29, 1.82) is 0 Å². The number of aryl methyl sites for hydroxylation is 1. The van der Waals surface area contributed by atoms with E-state index in [9.17, 15) is 4.79 Å². The second-order valence-corrected chi connectivity index (χ2v) is 5.49. The minimum Gasteiger partial charge on any atom is -0.317 e. The van der Waals surface area contributed by atoms with E-state index in [0.717, 1.165) is 25.2 Å². The molecule has 0 amide bonds. The van der Waals surface area contributed by atoms with Crippen molar-refractivity contribution in [3.63, 3.8) is 0 Å². The highest BCUT2D eigenvalue weighted by molar-refractivity contribution is 5.86. The summed E-state index contributed by atoms with van der Waals surface area (Å²) in [6.07, 6.45) is 5.87. The van der Waals surface area contributed by atoms with Crippen molar-refractivity contribution in [2.45, 2.75) is 25.7 Å². The normalized spacial score (nSPS) is 26.1. The van der Waals surface area contributed by atoms with E-state index in [0.29, 0.717) is 23.5 Å². The van der Waals surface area contributed by atoms with Crippen LogP contribution in [-0.2, 0) is 18.3 Å². The van der Waals surface area contributed by atoms with Gasteiger partial charge in [-0.25, -0.2) is 0 Å². The van der Waals surface area contributed by atoms with E-state index in [1.807, 2.05) is 19.3 Å². The number of piperidine rings is 1. The van der Waals surface area contributed by atoms with Gasteiger partial charge in [-0.2, -0.15) is 5.10 Å². The van der Waals surface area contributed by atoms with Gasteiger partial charge < -0.3 is 5.32 Å². The summed E-state index contributed by atoms with van der Waals surface area (Å²) in [6.45, 7) is 2.15. The molecule has 1 saturated heterocycles. The first-order chi connectivity index (χ1) is 8.20. The van der Waals surface area contributed by atoms with Crippen LogP contribution in [0.2, 0.25) is 0 Å². The van der Waals surface area contributed by atoms with Gasteiger partial charge in [0.1, 0.15) is 5.78 Å². The van der Waals surface area contributed by atoms with Crippen molar-refractivity contribution in [2.24, 2.45) is 18.4 Å². The molecule has 1 aromatic heterocycles. The topological polar surface area (TPSA) is 46.9 Å². The first kappa shape index (κ1) is 11.0. The third kappa shape index (κ3) is 2.02. The molecular formula is C13H19N3O. The van der Waals surface area contributed by atoms with Gasteiger partial charge in [0, 0.05) is 19.2 Å². The van der Waals surface area contributed by atoms with Gasteiger partial charge in [0.05, 0.1) is 12.1 Å². The predicted molar refractivity (Wildman–Crippen MR) is 64.6 cm³/mol. The molecule has 0 radical (unpaired) electrons. The number of ketones is 1. The summed E-state index contributed by atoms with van der Waals surface area (Å²) in [4.78, 5) is 12.2. The Labute approximate surface area is 101 Å². The van der Waals surface area contributed by atoms with E-state index >= 15 is 0 Å². The average molecular weight is 233 g/mol. The molecule has 1 N–H and O–H groups in total. The highest BCUT2D eigenvalue weighted by Gasteiger charge is 2.56. The van der Waals surface area contributed by atoms with E-state index < -0.39 is 0 Å². The fraction of sp³-hybridized carbons (Fsp3) is 0.692. The first-order valence-corrected chi connectivity index (χ1v) is 6.42. The van der Waals surface area contributed by atoms with E-state index in [1.54, 1.807) is 4.68 Å². The van der Waals surface area contributed by atoms with Crippen molar-refractivity contribution in [1.82, 2.24) is 15.1 Å². The van der Waals surface area contributed by atoms with Gasteiger partial charge in [0.25, 0.3) is 0 Å². The van der Waals surface area contributed by atoms with Crippen LogP contribution in [0.1, 0.15) is 25.0 Å². The number of nitrogens with zero attached hydrogens (tertiary/aromatic N) is 2. The Balaban J connectivity index is 1.61. The molecule has 1 atom stereocenters. The molecule has 4 heteroatoms. The molecule has 1 unspecified atom stereocenters. The molecule has 1 aliphatic carbocycles. The lowest BCUT2D eigenvalue weighted by Gasteiger charge is -2.23. The van der Waals surface area contributed by atoms with E-state index in [-0.39, 0.29) is 0 Å². The summed E-state index contributed by atoms with van der Waals surface area (Å²) in [6, 6.07) is 1.94. The van der Waals surface area contributed by atoms with Crippen LogP contribution in [0.3, 0.4) is 0 Å². The molecule has 1 spiro atoms. The van der Waals surface area contributed by atoms with Gasteiger partial charge >= 0.3 is 0 Å². The van der Waals surface area contributed by atoms with Gasteiger partial charge in [-0.3, -0.25) is 9.48 Å². The Kier molecular flexibility index (Phi) is 2.54. The van der Waals surface area contributed by atoms with Crippen LogP contribution >= 0.6 is 0 Å².